The zero-order valence-corrected chi connectivity index (χ0v) is 26.2. The normalized spacial score (nSPS) is 27.7. The summed E-state index contributed by atoms with van der Waals surface area (Å²) < 4.78 is 39.1. The SMILES string of the molecule is COc1ccc2c(OC3CC4C(=O)NC5(C(=O)NS(=O)(=O)C6CC6)CC5C=CCCCCN(C)C(=O)N4C3)nc(Cl)cc2c1. The number of benzene rings is 1. The molecule has 2 N–H and O–H groups in total. The number of nitrogens with one attached hydrogen (secondary N) is 2. The van der Waals surface area contributed by atoms with Gasteiger partial charge in [0.2, 0.25) is 21.8 Å². The van der Waals surface area contributed by atoms with Gasteiger partial charge < -0.3 is 24.6 Å². The summed E-state index contributed by atoms with van der Waals surface area (Å²) in [5.41, 5.74) is -1.41. The number of nitrogens with zero attached hydrogens (tertiary/aromatic N) is 3. The molecular weight excluding hydrogens is 610 g/mol. The molecule has 14 heteroatoms. The first-order chi connectivity index (χ1) is 21.0. The summed E-state index contributed by atoms with van der Waals surface area (Å²) in [5.74, 6) is -0.739. The van der Waals surface area contributed by atoms with Gasteiger partial charge in [-0.3, -0.25) is 14.3 Å². The van der Waals surface area contributed by atoms with Gasteiger partial charge in [-0.1, -0.05) is 23.8 Å². The van der Waals surface area contributed by atoms with E-state index in [2.05, 4.69) is 15.0 Å². The van der Waals surface area contributed by atoms with Crippen LogP contribution in [0.2, 0.25) is 5.15 Å². The predicted octanol–water partition coefficient (Wildman–Crippen LogP) is 2.99. The number of sulfonamides is 1. The molecule has 4 aliphatic rings. The Hall–Kier alpha value is -3.58. The minimum Gasteiger partial charge on any atom is -0.497 e. The van der Waals surface area contributed by atoms with E-state index >= 15 is 0 Å². The average Bonchev–Trinajstić information content (AvgIpc) is 3.91. The van der Waals surface area contributed by atoms with Crippen molar-refractivity contribution in [1.82, 2.24) is 24.8 Å². The molecule has 4 amide bonds. The van der Waals surface area contributed by atoms with E-state index in [0.29, 0.717) is 30.5 Å². The number of halogens is 1. The monoisotopic (exact) mass is 645 g/mol. The smallest absolute Gasteiger partial charge is 0.320 e. The Morgan fingerprint density at radius 1 is 1.20 bits per heavy atom. The van der Waals surface area contributed by atoms with Crippen LogP contribution in [0, 0.1) is 5.92 Å². The number of hydrogen-bond acceptors (Lipinski definition) is 8. The van der Waals surface area contributed by atoms with Crippen LogP contribution in [0.5, 0.6) is 11.6 Å². The number of aromatic nitrogens is 1. The van der Waals surface area contributed by atoms with Crippen molar-refractivity contribution in [3.8, 4) is 11.6 Å². The lowest BCUT2D eigenvalue weighted by Gasteiger charge is -2.30. The summed E-state index contributed by atoms with van der Waals surface area (Å²) in [5, 5.41) is 3.94. The maximum Gasteiger partial charge on any atom is 0.320 e. The van der Waals surface area contributed by atoms with Crippen LogP contribution >= 0.6 is 11.6 Å². The van der Waals surface area contributed by atoms with Gasteiger partial charge in [0.15, 0.2) is 0 Å². The molecule has 4 unspecified atom stereocenters. The number of carbonyl (C=O) groups excluding carboxylic acids is 3. The minimum atomic E-state index is -3.82. The number of allylic oxidation sites excluding steroid dienone is 1. The van der Waals surface area contributed by atoms with Gasteiger partial charge in [0.25, 0.3) is 5.91 Å². The second-order valence-electron chi connectivity index (χ2n) is 12.1. The van der Waals surface area contributed by atoms with Crippen molar-refractivity contribution in [2.75, 3.05) is 27.2 Å². The molecule has 44 heavy (non-hydrogen) atoms. The Kier molecular flexibility index (Phi) is 8.12. The predicted molar refractivity (Wildman–Crippen MR) is 163 cm³/mol. The highest BCUT2D eigenvalue weighted by Gasteiger charge is 2.62. The second-order valence-corrected chi connectivity index (χ2v) is 14.4. The number of pyridine rings is 1. The standard InChI is InChI=1S/C30H36ClN5O7S/c1-35-12-6-4-3-5-7-19-16-30(19,28(38)34-44(40,41)22-9-10-22)33-26(37)24-15-21(17-36(24)29(35)39)43-27-23-11-8-20(42-2)13-18(23)14-25(31)32-27/h5,7-8,11,13-14,19,21-22,24H,3-4,6,9-10,12,15-17H2,1-2H3,(H,33,37)(H,34,38). The molecule has 1 saturated heterocycles. The lowest BCUT2D eigenvalue weighted by molar-refractivity contribution is -0.131. The van der Waals surface area contributed by atoms with Gasteiger partial charge in [0.1, 0.15) is 28.6 Å². The topological polar surface area (TPSA) is 147 Å². The number of rotatable bonds is 6. The first-order valence-corrected chi connectivity index (χ1v) is 16.8. The fraction of sp³-hybridized carbons (Fsp3) is 0.533. The third-order valence-electron chi connectivity index (χ3n) is 8.84. The summed E-state index contributed by atoms with van der Waals surface area (Å²) in [6.07, 6.45) is 6.97. The van der Waals surface area contributed by atoms with Crippen LogP contribution < -0.4 is 19.5 Å². The first kappa shape index (κ1) is 30.4. The van der Waals surface area contributed by atoms with E-state index in [-0.39, 0.29) is 42.4 Å². The van der Waals surface area contributed by atoms with Crippen LogP contribution in [-0.4, -0.2) is 91.2 Å². The third-order valence-corrected chi connectivity index (χ3v) is 10.8. The Balaban J connectivity index is 1.28. The maximum atomic E-state index is 13.9. The van der Waals surface area contributed by atoms with Crippen molar-refractivity contribution >= 4 is 50.2 Å². The van der Waals surface area contributed by atoms with Gasteiger partial charge in [0.05, 0.1) is 18.9 Å². The molecule has 236 valence electrons. The van der Waals surface area contributed by atoms with Gasteiger partial charge in [-0.2, -0.15) is 0 Å². The summed E-state index contributed by atoms with van der Waals surface area (Å²) in [6.45, 7) is 0.617. The average molecular weight is 646 g/mol. The molecule has 0 spiro atoms. The number of hydrogen-bond donors (Lipinski definition) is 2. The molecule has 0 radical (unpaired) electrons. The van der Waals surface area contributed by atoms with E-state index in [1.807, 2.05) is 24.3 Å². The Morgan fingerprint density at radius 2 is 2.00 bits per heavy atom. The molecule has 2 aliphatic heterocycles. The number of methoxy groups -OCH3 is 1. The molecular formula is C30H36ClN5O7S. The lowest BCUT2D eigenvalue weighted by Crippen LogP contribution is -2.57. The van der Waals surface area contributed by atoms with Crippen LogP contribution in [-0.2, 0) is 19.6 Å². The largest absolute Gasteiger partial charge is 0.497 e. The highest BCUT2D eigenvalue weighted by Crippen LogP contribution is 2.46. The van der Waals surface area contributed by atoms with Crippen molar-refractivity contribution in [3.05, 3.63) is 41.6 Å². The van der Waals surface area contributed by atoms with Crippen LogP contribution in [0.1, 0.15) is 44.9 Å². The Bertz CT molecular complexity index is 1630. The molecule has 12 nitrogen and oxygen atoms in total. The van der Waals surface area contributed by atoms with Gasteiger partial charge in [-0.25, -0.2) is 18.2 Å². The fourth-order valence-electron chi connectivity index (χ4n) is 6.04. The van der Waals surface area contributed by atoms with Gasteiger partial charge in [-0.15, -0.1) is 0 Å². The van der Waals surface area contributed by atoms with Crippen molar-refractivity contribution in [2.24, 2.45) is 5.92 Å². The van der Waals surface area contributed by atoms with Crippen molar-refractivity contribution in [2.45, 2.75) is 67.9 Å². The molecule has 1 aromatic carbocycles. The second kappa shape index (κ2) is 11.7. The number of carbonyl (C=O) groups is 3. The maximum absolute atomic E-state index is 13.9. The molecule has 3 fully saturated rings. The van der Waals surface area contributed by atoms with Gasteiger partial charge >= 0.3 is 6.03 Å². The van der Waals surface area contributed by atoms with E-state index in [4.69, 9.17) is 21.1 Å². The van der Waals surface area contributed by atoms with Gasteiger partial charge in [-0.05, 0) is 68.2 Å². The minimum absolute atomic E-state index is 0.103. The number of fused-ring (bicyclic) bond motifs is 3. The molecule has 2 saturated carbocycles. The molecule has 3 heterocycles. The molecule has 4 atom stereocenters. The lowest BCUT2D eigenvalue weighted by atomic mass is 10.1. The van der Waals surface area contributed by atoms with E-state index < -0.39 is 44.8 Å². The van der Waals surface area contributed by atoms with E-state index in [1.54, 1.807) is 31.2 Å². The Morgan fingerprint density at radius 3 is 2.75 bits per heavy atom. The molecule has 2 aromatic rings. The molecule has 6 rings (SSSR count). The third kappa shape index (κ3) is 6.03. The molecule has 2 aliphatic carbocycles. The van der Waals surface area contributed by atoms with E-state index in [1.165, 1.54) is 4.90 Å². The van der Waals surface area contributed by atoms with Crippen LogP contribution in [0.15, 0.2) is 36.4 Å². The number of amides is 4. The zero-order chi connectivity index (χ0) is 31.2. The van der Waals surface area contributed by atoms with E-state index in [9.17, 15) is 22.8 Å². The number of ether oxygens (including phenoxy) is 2. The first-order valence-electron chi connectivity index (χ1n) is 14.9. The van der Waals surface area contributed by atoms with Crippen LogP contribution in [0.3, 0.4) is 0 Å². The molecule has 0 bridgehead atoms. The fourth-order valence-corrected chi connectivity index (χ4v) is 7.60. The summed E-state index contributed by atoms with van der Waals surface area (Å²) in [7, 11) is -0.557. The van der Waals surface area contributed by atoms with E-state index in [0.717, 1.165) is 24.6 Å². The molecule has 1 aromatic heterocycles. The van der Waals surface area contributed by atoms with Crippen LogP contribution in [0.25, 0.3) is 10.8 Å². The van der Waals surface area contributed by atoms with Crippen molar-refractivity contribution < 1.29 is 32.3 Å². The highest BCUT2D eigenvalue weighted by atomic mass is 35.5. The quantitative estimate of drug-likeness (QED) is 0.360. The Labute approximate surface area is 261 Å². The van der Waals surface area contributed by atoms with Crippen molar-refractivity contribution in [1.29, 1.82) is 0 Å². The summed E-state index contributed by atoms with van der Waals surface area (Å²) in [4.78, 5) is 48.4. The number of urea groups is 1. The zero-order valence-electron chi connectivity index (χ0n) is 24.6. The van der Waals surface area contributed by atoms with Crippen molar-refractivity contribution in [3.63, 3.8) is 0 Å². The van der Waals surface area contributed by atoms with Gasteiger partial charge in [0, 0.05) is 31.3 Å². The van der Waals surface area contributed by atoms with Crippen LogP contribution in [0.4, 0.5) is 4.79 Å². The summed E-state index contributed by atoms with van der Waals surface area (Å²) >= 11 is 6.31. The summed E-state index contributed by atoms with van der Waals surface area (Å²) in [6, 6.07) is 5.80. The highest BCUT2D eigenvalue weighted by molar-refractivity contribution is 7.91.